The normalized spacial score (nSPS) is 10.5. The van der Waals surface area contributed by atoms with Crippen LogP contribution >= 0.6 is 27.3 Å². The van der Waals surface area contributed by atoms with Gasteiger partial charge >= 0.3 is 0 Å². The van der Waals surface area contributed by atoms with Crippen LogP contribution in [0.4, 0.5) is 0 Å². The zero-order valence-electron chi connectivity index (χ0n) is 10.3. The SMILES string of the molecule is CCc1ccsc1C(=O)NCCCCCCBr. The van der Waals surface area contributed by atoms with Crippen molar-refractivity contribution in [2.45, 2.75) is 39.0 Å². The van der Waals surface area contributed by atoms with Crippen molar-refractivity contribution in [3.05, 3.63) is 21.9 Å². The molecule has 0 spiro atoms. The van der Waals surface area contributed by atoms with Crippen LogP contribution in [-0.2, 0) is 6.42 Å². The summed E-state index contributed by atoms with van der Waals surface area (Å²) in [5.74, 6) is 0.0948. The van der Waals surface area contributed by atoms with Crippen molar-refractivity contribution in [1.29, 1.82) is 0 Å². The Balaban J connectivity index is 2.21. The highest BCUT2D eigenvalue weighted by Crippen LogP contribution is 2.17. The van der Waals surface area contributed by atoms with Crippen molar-refractivity contribution >= 4 is 33.2 Å². The number of amides is 1. The summed E-state index contributed by atoms with van der Waals surface area (Å²) in [6.07, 6.45) is 5.65. The first-order valence-electron chi connectivity index (χ1n) is 6.20. The molecule has 2 nitrogen and oxygen atoms in total. The Kier molecular flexibility index (Phi) is 7.53. The van der Waals surface area contributed by atoms with Gasteiger partial charge in [0.25, 0.3) is 5.91 Å². The van der Waals surface area contributed by atoms with Gasteiger partial charge in [0, 0.05) is 11.9 Å². The minimum atomic E-state index is 0.0948. The molecule has 1 rings (SSSR count). The summed E-state index contributed by atoms with van der Waals surface area (Å²) in [5, 5.41) is 6.06. The first kappa shape index (κ1) is 14.7. The zero-order valence-corrected chi connectivity index (χ0v) is 12.7. The summed E-state index contributed by atoms with van der Waals surface area (Å²) in [5.41, 5.74) is 1.16. The van der Waals surface area contributed by atoms with Gasteiger partial charge < -0.3 is 5.32 Å². The first-order chi connectivity index (χ1) is 8.29. The molecular weight excluding hydrogens is 298 g/mol. The van der Waals surface area contributed by atoms with Crippen LogP contribution in [0.1, 0.15) is 47.8 Å². The van der Waals surface area contributed by atoms with Crippen molar-refractivity contribution in [1.82, 2.24) is 5.32 Å². The Labute approximate surface area is 116 Å². The van der Waals surface area contributed by atoms with Gasteiger partial charge in [-0.3, -0.25) is 4.79 Å². The van der Waals surface area contributed by atoms with E-state index in [1.807, 2.05) is 11.4 Å². The van der Waals surface area contributed by atoms with E-state index in [-0.39, 0.29) is 5.91 Å². The lowest BCUT2D eigenvalue weighted by molar-refractivity contribution is 0.0956. The molecule has 96 valence electrons. The Hall–Kier alpha value is -0.350. The molecule has 0 unspecified atom stereocenters. The number of hydrogen-bond donors (Lipinski definition) is 1. The van der Waals surface area contributed by atoms with Gasteiger partial charge in [0.05, 0.1) is 4.88 Å². The quantitative estimate of drug-likeness (QED) is 0.570. The van der Waals surface area contributed by atoms with Gasteiger partial charge in [-0.15, -0.1) is 11.3 Å². The van der Waals surface area contributed by atoms with E-state index in [4.69, 9.17) is 0 Å². The van der Waals surface area contributed by atoms with Gasteiger partial charge in [-0.1, -0.05) is 35.7 Å². The Morgan fingerprint density at radius 2 is 2.12 bits per heavy atom. The van der Waals surface area contributed by atoms with E-state index < -0.39 is 0 Å². The number of carbonyl (C=O) groups excluding carboxylic acids is 1. The lowest BCUT2D eigenvalue weighted by atomic mass is 10.2. The fourth-order valence-electron chi connectivity index (χ4n) is 1.67. The van der Waals surface area contributed by atoms with E-state index >= 15 is 0 Å². The molecule has 1 N–H and O–H groups in total. The van der Waals surface area contributed by atoms with Crippen LogP contribution in [-0.4, -0.2) is 17.8 Å². The average molecular weight is 318 g/mol. The van der Waals surface area contributed by atoms with Crippen molar-refractivity contribution in [2.75, 3.05) is 11.9 Å². The molecule has 1 heterocycles. The number of thiophene rings is 1. The molecule has 4 heteroatoms. The van der Waals surface area contributed by atoms with Gasteiger partial charge in [-0.05, 0) is 36.3 Å². The van der Waals surface area contributed by atoms with Crippen molar-refractivity contribution in [3.8, 4) is 0 Å². The number of halogens is 1. The van der Waals surface area contributed by atoms with E-state index in [1.54, 1.807) is 0 Å². The number of nitrogens with one attached hydrogen (secondary N) is 1. The van der Waals surface area contributed by atoms with E-state index in [2.05, 4.69) is 28.2 Å². The molecule has 0 aliphatic rings. The standard InChI is InChI=1S/C13H20BrNOS/c1-2-11-7-10-17-12(11)13(16)15-9-6-4-3-5-8-14/h7,10H,2-6,8-9H2,1H3,(H,15,16). The van der Waals surface area contributed by atoms with Gasteiger partial charge in [0.2, 0.25) is 0 Å². The van der Waals surface area contributed by atoms with Crippen LogP contribution in [0.3, 0.4) is 0 Å². The number of carbonyl (C=O) groups is 1. The maximum absolute atomic E-state index is 11.9. The van der Waals surface area contributed by atoms with Crippen molar-refractivity contribution in [2.24, 2.45) is 0 Å². The first-order valence-corrected chi connectivity index (χ1v) is 8.20. The maximum Gasteiger partial charge on any atom is 0.261 e. The molecule has 0 aliphatic carbocycles. The second kappa shape index (κ2) is 8.70. The number of alkyl halides is 1. The van der Waals surface area contributed by atoms with E-state index in [1.165, 1.54) is 30.6 Å². The summed E-state index contributed by atoms with van der Waals surface area (Å²) >= 11 is 4.95. The molecule has 0 aliphatic heterocycles. The van der Waals surface area contributed by atoms with Gasteiger partial charge in [0.15, 0.2) is 0 Å². The topological polar surface area (TPSA) is 29.1 Å². The highest BCUT2D eigenvalue weighted by molar-refractivity contribution is 9.09. The molecule has 1 amide bonds. The molecule has 0 aromatic carbocycles. The van der Waals surface area contributed by atoms with Crippen molar-refractivity contribution < 1.29 is 4.79 Å². The number of unbranched alkanes of at least 4 members (excludes halogenated alkanes) is 3. The average Bonchev–Trinajstić information content (AvgIpc) is 2.81. The molecule has 0 saturated heterocycles. The van der Waals surface area contributed by atoms with Gasteiger partial charge in [0.1, 0.15) is 0 Å². The molecule has 1 aromatic rings. The highest BCUT2D eigenvalue weighted by atomic mass is 79.9. The van der Waals surface area contributed by atoms with Crippen LogP contribution in [0.2, 0.25) is 0 Å². The lowest BCUT2D eigenvalue weighted by Crippen LogP contribution is -2.24. The lowest BCUT2D eigenvalue weighted by Gasteiger charge is -2.05. The van der Waals surface area contributed by atoms with Crippen LogP contribution < -0.4 is 5.32 Å². The summed E-state index contributed by atoms with van der Waals surface area (Å²) in [6.45, 7) is 2.88. The maximum atomic E-state index is 11.9. The molecule has 0 fully saturated rings. The van der Waals surface area contributed by atoms with E-state index in [0.717, 1.165) is 35.2 Å². The van der Waals surface area contributed by atoms with Crippen LogP contribution in [0.25, 0.3) is 0 Å². The Morgan fingerprint density at radius 3 is 2.82 bits per heavy atom. The van der Waals surface area contributed by atoms with Crippen molar-refractivity contribution in [3.63, 3.8) is 0 Å². The molecular formula is C13H20BrNOS. The van der Waals surface area contributed by atoms with E-state index in [9.17, 15) is 4.79 Å². The van der Waals surface area contributed by atoms with Gasteiger partial charge in [-0.2, -0.15) is 0 Å². The fourth-order valence-corrected chi connectivity index (χ4v) is 2.98. The second-order valence-electron chi connectivity index (χ2n) is 3.99. The molecule has 17 heavy (non-hydrogen) atoms. The van der Waals surface area contributed by atoms with Crippen LogP contribution in [0.15, 0.2) is 11.4 Å². The molecule has 0 saturated carbocycles. The minimum Gasteiger partial charge on any atom is -0.351 e. The fraction of sp³-hybridized carbons (Fsp3) is 0.615. The number of rotatable bonds is 8. The number of aryl methyl sites for hydroxylation is 1. The van der Waals surface area contributed by atoms with Crippen LogP contribution in [0.5, 0.6) is 0 Å². The number of hydrogen-bond acceptors (Lipinski definition) is 2. The Morgan fingerprint density at radius 1 is 1.35 bits per heavy atom. The largest absolute Gasteiger partial charge is 0.351 e. The third-order valence-corrected chi connectivity index (χ3v) is 4.20. The zero-order chi connectivity index (χ0) is 12.5. The summed E-state index contributed by atoms with van der Waals surface area (Å²) < 4.78 is 0. The predicted molar refractivity (Wildman–Crippen MR) is 78.3 cm³/mol. The monoisotopic (exact) mass is 317 g/mol. The molecule has 0 radical (unpaired) electrons. The van der Waals surface area contributed by atoms with E-state index in [0.29, 0.717) is 0 Å². The Bertz CT molecular complexity index is 338. The second-order valence-corrected chi connectivity index (χ2v) is 5.70. The predicted octanol–water partition coefficient (Wildman–Crippen LogP) is 4.00. The summed E-state index contributed by atoms with van der Waals surface area (Å²) in [7, 11) is 0. The smallest absolute Gasteiger partial charge is 0.261 e. The molecule has 0 bridgehead atoms. The highest BCUT2D eigenvalue weighted by Gasteiger charge is 2.10. The molecule has 0 atom stereocenters. The third kappa shape index (κ3) is 5.21. The third-order valence-electron chi connectivity index (χ3n) is 2.68. The van der Waals surface area contributed by atoms with Gasteiger partial charge in [-0.25, -0.2) is 0 Å². The molecule has 1 aromatic heterocycles. The summed E-state index contributed by atoms with van der Waals surface area (Å²) in [6, 6.07) is 2.04. The summed E-state index contributed by atoms with van der Waals surface area (Å²) in [4.78, 5) is 12.7. The van der Waals surface area contributed by atoms with Crippen LogP contribution in [0, 0.1) is 0 Å². The minimum absolute atomic E-state index is 0.0948.